The molecule has 4 aromatic rings. The van der Waals surface area contributed by atoms with Gasteiger partial charge in [0.25, 0.3) is 11.5 Å². The van der Waals surface area contributed by atoms with Crippen molar-refractivity contribution >= 4 is 27.8 Å². The summed E-state index contributed by atoms with van der Waals surface area (Å²) >= 11 is 0. The fourth-order valence-corrected chi connectivity index (χ4v) is 3.07. The number of rotatable bonds is 5. The van der Waals surface area contributed by atoms with Gasteiger partial charge in [-0.05, 0) is 38.1 Å². The van der Waals surface area contributed by atoms with E-state index in [2.05, 4.69) is 15.3 Å². The number of fused-ring (bicyclic) bond motifs is 2. The second-order valence-corrected chi connectivity index (χ2v) is 6.38. The van der Waals surface area contributed by atoms with Crippen LogP contribution in [0, 0.1) is 0 Å². The van der Waals surface area contributed by atoms with Crippen LogP contribution in [0.25, 0.3) is 21.9 Å². The fraction of sp³-hybridized carbons (Fsp3) is 0.190. The van der Waals surface area contributed by atoms with E-state index in [1.807, 2.05) is 31.2 Å². The lowest BCUT2D eigenvalue weighted by atomic mass is 10.2. The largest absolute Gasteiger partial charge is 0.490 e. The van der Waals surface area contributed by atoms with Gasteiger partial charge in [0.15, 0.2) is 17.2 Å². The summed E-state index contributed by atoms with van der Waals surface area (Å²) in [5, 5.41) is 4.14. The molecule has 1 amide bonds. The molecule has 28 heavy (non-hydrogen) atoms. The molecule has 0 aliphatic carbocycles. The number of nitrogens with one attached hydrogen (secondary N) is 2. The van der Waals surface area contributed by atoms with Crippen LogP contribution < -0.4 is 15.6 Å². The van der Waals surface area contributed by atoms with Gasteiger partial charge in [-0.3, -0.25) is 9.59 Å². The Kier molecular flexibility index (Phi) is 4.57. The van der Waals surface area contributed by atoms with Crippen molar-refractivity contribution in [1.29, 1.82) is 0 Å². The van der Waals surface area contributed by atoms with E-state index in [0.29, 0.717) is 34.6 Å². The average Bonchev–Trinajstić information content (AvgIpc) is 3.14. The molecule has 0 unspecified atom stereocenters. The molecule has 2 aromatic carbocycles. The molecule has 4 rings (SSSR count). The first-order valence-electron chi connectivity index (χ1n) is 9.02. The van der Waals surface area contributed by atoms with E-state index in [1.165, 1.54) is 0 Å². The predicted molar refractivity (Wildman–Crippen MR) is 106 cm³/mol. The molecule has 2 aromatic heterocycles. The molecule has 2 heterocycles. The first-order valence-corrected chi connectivity index (χ1v) is 9.02. The lowest BCUT2D eigenvalue weighted by molar-refractivity contribution is 0.0925. The maximum atomic E-state index is 12.6. The van der Waals surface area contributed by atoms with Crippen LogP contribution in [-0.2, 0) is 0 Å². The standard InChI is InChI=1S/C21H19N3O4/c1-3-27-16-10-6-7-13-11-17(28-18(13)16)12(2)22-21(26)19-23-15-9-5-4-8-14(15)20(25)24-19/h4-12H,3H2,1-2H3,(H,22,26)(H,23,24,25)/t12-/m0/s1. The molecule has 7 nitrogen and oxygen atoms in total. The maximum absolute atomic E-state index is 12.6. The third kappa shape index (κ3) is 3.22. The van der Waals surface area contributed by atoms with E-state index in [-0.39, 0.29) is 11.4 Å². The van der Waals surface area contributed by atoms with Gasteiger partial charge in [0, 0.05) is 5.39 Å². The van der Waals surface area contributed by atoms with E-state index in [4.69, 9.17) is 9.15 Å². The van der Waals surface area contributed by atoms with Crippen molar-refractivity contribution in [3.05, 3.63) is 70.5 Å². The number of furan rings is 1. The highest BCUT2D eigenvalue weighted by Gasteiger charge is 2.19. The van der Waals surface area contributed by atoms with Crippen LogP contribution in [0.15, 0.2) is 57.7 Å². The van der Waals surface area contributed by atoms with Crippen LogP contribution in [-0.4, -0.2) is 22.5 Å². The van der Waals surface area contributed by atoms with Crippen molar-refractivity contribution in [3.8, 4) is 5.75 Å². The Morgan fingerprint density at radius 1 is 1.25 bits per heavy atom. The zero-order chi connectivity index (χ0) is 19.7. The van der Waals surface area contributed by atoms with Crippen LogP contribution in [0.5, 0.6) is 5.75 Å². The monoisotopic (exact) mass is 377 g/mol. The molecule has 0 radical (unpaired) electrons. The van der Waals surface area contributed by atoms with Crippen molar-refractivity contribution in [2.75, 3.05) is 6.61 Å². The van der Waals surface area contributed by atoms with Gasteiger partial charge in [0.2, 0.25) is 0 Å². The van der Waals surface area contributed by atoms with Gasteiger partial charge in [0.1, 0.15) is 5.76 Å². The topological polar surface area (TPSA) is 97.2 Å². The molecule has 0 saturated carbocycles. The van der Waals surface area contributed by atoms with Crippen molar-refractivity contribution < 1.29 is 13.9 Å². The molecule has 0 aliphatic heterocycles. The van der Waals surface area contributed by atoms with Gasteiger partial charge in [0.05, 0.1) is 23.6 Å². The number of amides is 1. The third-order valence-corrected chi connectivity index (χ3v) is 4.43. The Hall–Kier alpha value is -3.61. The summed E-state index contributed by atoms with van der Waals surface area (Å²) in [4.78, 5) is 31.5. The molecular weight excluding hydrogens is 358 g/mol. The maximum Gasteiger partial charge on any atom is 0.287 e. The molecule has 7 heteroatoms. The zero-order valence-electron chi connectivity index (χ0n) is 15.5. The number of H-pyrrole nitrogens is 1. The molecule has 0 spiro atoms. The average molecular weight is 377 g/mol. The molecule has 0 aliphatic rings. The number of ether oxygens (including phenoxy) is 1. The van der Waals surface area contributed by atoms with Crippen LogP contribution >= 0.6 is 0 Å². The van der Waals surface area contributed by atoms with Gasteiger partial charge in [-0.2, -0.15) is 0 Å². The van der Waals surface area contributed by atoms with Crippen molar-refractivity contribution in [2.24, 2.45) is 0 Å². The van der Waals surface area contributed by atoms with Gasteiger partial charge in [-0.25, -0.2) is 4.98 Å². The smallest absolute Gasteiger partial charge is 0.287 e. The third-order valence-electron chi connectivity index (χ3n) is 4.43. The number of aromatic amines is 1. The Balaban J connectivity index is 1.60. The molecular formula is C21H19N3O4. The highest BCUT2D eigenvalue weighted by molar-refractivity contribution is 5.93. The Morgan fingerprint density at radius 2 is 2.07 bits per heavy atom. The minimum Gasteiger partial charge on any atom is -0.490 e. The number of nitrogens with zero attached hydrogens (tertiary/aromatic N) is 1. The summed E-state index contributed by atoms with van der Waals surface area (Å²) in [5.41, 5.74) is 0.750. The van der Waals surface area contributed by atoms with E-state index in [1.54, 1.807) is 31.2 Å². The number of aromatic nitrogens is 2. The summed E-state index contributed by atoms with van der Waals surface area (Å²) in [6.07, 6.45) is 0. The normalized spacial score (nSPS) is 12.2. The minimum absolute atomic E-state index is 0.0401. The summed E-state index contributed by atoms with van der Waals surface area (Å²) in [6.45, 7) is 4.24. The second kappa shape index (κ2) is 7.19. The summed E-state index contributed by atoms with van der Waals surface area (Å²) in [6, 6.07) is 14.0. The minimum atomic E-state index is -0.485. The van der Waals surface area contributed by atoms with E-state index in [9.17, 15) is 9.59 Å². The Morgan fingerprint density at radius 3 is 2.89 bits per heavy atom. The molecule has 0 bridgehead atoms. The lowest BCUT2D eigenvalue weighted by Crippen LogP contribution is -2.30. The number of carbonyl (C=O) groups excluding carboxylic acids is 1. The zero-order valence-corrected chi connectivity index (χ0v) is 15.5. The number of benzene rings is 2. The summed E-state index contributed by atoms with van der Waals surface area (Å²) in [7, 11) is 0. The SMILES string of the molecule is CCOc1cccc2cc([C@H](C)NC(=O)c3nc4ccccc4c(=O)[nH]3)oc12. The molecule has 2 N–H and O–H groups in total. The highest BCUT2D eigenvalue weighted by Crippen LogP contribution is 2.31. The summed E-state index contributed by atoms with van der Waals surface area (Å²) < 4.78 is 11.5. The number of para-hydroxylation sites is 2. The first-order chi connectivity index (χ1) is 13.6. The summed E-state index contributed by atoms with van der Waals surface area (Å²) in [5.74, 6) is 0.714. The van der Waals surface area contributed by atoms with Crippen LogP contribution in [0.1, 0.15) is 36.3 Å². The predicted octanol–water partition coefficient (Wildman–Crippen LogP) is 3.56. The number of hydrogen-bond acceptors (Lipinski definition) is 5. The highest BCUT2D eigenvalue weighted by atomic mass is 16.5. The second-order valence-electron chi connectivity index (χ2n) is 6.38. The molecule has 0 fully saturated rings. The first kappa shape index (κ1) is 17.8. The Labute approximate surface area is 160 Å². The van der Waals surface area contributed by atoms with Crippen LogP contribution in [0.4, 0.5) is 0 Å². The Bertz CT molecular complexity index is 1230. The van der Waals surface area contributed by atoms with Crippen LogP contribution in [0.2, 0.25) is 0 Å². The van der Waals surface area contributed by atoms with Gasteiger partial charge < -0.3 is 19.5 Å². The fourth-order valence-electron chi connectivity index (χ4n) is 3.07. The van der Waals surface area contributed by atoms with Gasteiger partial charge in [-0.15, -0.1) is 0 Å². The number of carbonyl (C=O) groups is 1. The van der Waals surface area contributed by atoms with Gasteiger partial charge in [-0.1, -0.05) is 24.3 Å². The van der Waals surface area contributed by atoms with E-state index >= 15 is 0 Å². The lowest BCUT2D eigenvalue weighted by Gasteiger charge is -2.11. The molecule has 142 valence electrons. The number of hydrogen-bond donors (Lipinski definition) is 2. The van der Waals surface area contributed by atoms with Crippen molar-refractivity contribution in [3.63, 3.8) is 0 Å². The van der Waals surface area contributed by atoms with Crippen LogP contribution in [0.3, 0.4) is 0 Å². The molecule has 1 atom stereocenters. The van der Waals surface area contributed by atoms with Crippen molar-refractivity contribution in [2.45, 2.75) is 19.9 Å². The van der Waals surface area contributed by atoms with Gasteiger partial charge >= 0.3 is 0 Å². The van der Waals surface area contributed by atoms with E-state index in [0.717, 1.165) is 5.39 Å². The molecule has 0 saturated heterocycles. The van der Waals surface area contributed by atoms with Crippen molar-refractivity contribution in [1.82, 2.24) is 15.3 Å². The quantitative estimate of drug-likeness (QED) is 0.554. The van der Waals surface area contributed by atoms with E-state index < -0.39 is 11.9 Å².